The van der Waals surface area contributed by atoms with Crippen molar-refractivity contribution in [2.75, 3.05) is 20.2 Å². The Morgan fingerprint density at radius 3 is 2.73 bits per heavy atom. The average molecular weight is 352 g/mol. The van der Waals surface area contributed by atoms with Crippen LogP contribution in [0.5, 0.6) is 5.75 Å². The van der Waals surface area contributed by atoms with Gasteiger partial charge in [0.25, 0.3) is 5.69 Å². The summed E-state index contributed by atoms with van der Waals surface area (Å²) in [4.78, 5) is 10.0. The molecule has 1 atom stereocenters. The highest BCUT2D eigenvalue weighted by Crippen LogP contribution is 2.28. The molecule has 1 aliphatic heterocycles. The number of ether oxygens (including phenoxy) is 1. The van der Waals surface area contributed by atoms with Crippen LogP contribution in [0.25, 0.3) is 0 Å². The summed E-state index contributed by atoms with van der Waals surface area (Å²) >= 11 is 0. The van der Waals surface area contributed by atoms with E-state index in [4.69, 9.17) is 4.74 Å². The number of hydrogen-bond acceptors (Lipinski definition) is 6. The van der Waals surface area contributed by atoms with E-state index in [-0.39, 0.29) is 34.8 Å². The largest absolute Gasteiger partial charge is 0.495 e. The van der Waals surface area contributed by atoms with Crippen LogP contribution < -0.4 is 14.8 Å². The lowest BCUT2D eigenvalue weighted by Crippen LogP contribution is -2.45. The Kier molecular flexibility index (Phi) is 6.54. The van der Waals surface area contributed by atoms with Gasteiger partial charge in [-0.1, -0.05) is 0 Å². The monoisotopic (exact) mass is 351 g/mol. The summed E-state index contributed by atoms with van der Waals surface area (Å²) < 4.78 is 32.3. The van der Waals surface area contributed by atoms with Gasteiger partial charge in [0, 0.05) is 18.7 Å². The molecular formula is C12H18ClN3O5S. The quantitative estimate of drug-likeness (QED) is 0.606. The van der Waals surface area contributed by atoms with Gasteiger partial charge in [-0.3, -0.25) is 10.1 Å². The van der Waals surface area contributed by atoms with Crippen LogP contribution in [0.2, 0.25) is 0 Å². The van der Waals surface area contributed by atoms with Crippen LogP contribution in [-0.2, 0) is 10.0 Å². The minimum Gasteiger partial charge on any atom is -0.495 e. The van der Waals surface area contributed by atoms with Gasteiger partial charge in [-0.25, -0.2) is 13.1 Å². The number of methoxy groups -OCH3 is 1. The van der Waals surface area contributed by atoms with Crippen molar-refractivity contribution in [2.45, 2.75) is 23.8 Å². The molecule has 124 valence electrons. The molecule has 0 amide bonds. The lowest BCUT2D eigenvalue weighted by Gasteiger charge is -2.24. The molecule has 1 fully saturated rings. The molecule has 1 aromatic rings. The van der Waals surface area contributed by atoms with Gasteiger partial charge in [0.1, 0.15) is 10.6 Å². The number of piperidine rings is 1. The predicted molar refractivity (Wildman–Crippen MR) is 83.1 cm³/mol. The van der Waals surface area contributed by atoms with Gasteiger partial charge in [0.05, 0.1) is 18.1 Å². The highest BCUT2D eigenvalue weighted by atomic mass is 35.5. The van der Waals surface area contributed by atoms with Crippen LogP contribution >= 0.6 is 12.4 Å². The van der Waals surface area contributed by atoms with Crippen LogP contribution in [0.4, 0.5) is 5.69 Å². The zero-order chi connectivity index (χ0) is 15.5. The van der Waals surface area contributed by atoms with Crippen molar-refractivity contribution < 1.29 is 18.1 Å². The third-order valence-corrected chi connectivity index (χ3v) is 4.83. The molecule has 0 aromatic heterocycles. The van der Waals surface area contributed by atoms with Crippen molar-refractivity contribution in [3.63, 3.8) is 0 Å². The van der Waals surface area contributed by atoms with Gasteiger partial charge in [-0.05, 0) is 25.5 Å². The topological polar surface area (TPSA) is 111 Å². The number of nitrogens with zero attached hydrogens (tertiary/aromatic N) is 1. The van der Waals surface area contributed by atoms with Crippen LogP contribution in [-0.4, -0.2) is 39.6 Å². The SMILES string of the molecule is COc1cc([N+](=O)[O-])ccc1S(=O)(=O)NC1CCCNC1.Cl. The molecule has 1 unspecified atom stereocenters. The molecule has 0 spiro atoms. The van der Waals surface area contributed by atoms with E-state index in [1.165, 1.54) is 13.2 Å². The van der Waals surface area contributed by atoms with Gasteiger partial charge in [-0.15, -0.1) is 12.4 Å². The molecule has 0 aliphatic carbocycles. The Hall–Kier alpha value is -1.42. The van der Waals surface area contributed by atoms with Crippen molar-refractivity contribution >= 4 is 28.1 Å². The third-order valence-electron chi connectivity index (χ3n) is 3.27. The van der Waals surface area contributed by atoms with E-state index in [1.807, 2.05) is 0 Å². The lowest BCUT2D eigenvalue weighted by atomic mass is 10.1. The smallest absolute Gasteiger partial charge is 0.273 e. The third kappa shape index (κ3) is 4.29. The highest BCUT2D eigenvalue weighted by molar-refractivity contribution is 7.89. The Morgan fingerprint density at radius 2 is 2.18 bits per heavy atom. The maximum Gasteiger partial charge on any atom is 0.273 e. The molecule has 2 rings (SSSR count). The van der Waals surface area contributed by atoms with Crippen LogP contribution in [0.3, 0.4) is 0 Å². The normalized spacial score (nSPS) is 18.3. The molecule has 1 aromatic carbocycles. The minimum absolute atomic E-state index is 0. The maximum absolute atomic E-state index is 12.4. The second-order valence-corrected chi connectivity index (χ2v) is 6.44. The summed E-state index contributed by atoms with van der Waals surface area (Å²) in [5, 5.41) is 13.8. The highest BCUT2D eigenvalue weighted by Gasteiger charge is 2.26. The minimum atomic E-state index is -3.78. The second-order valence-electron chi connectivity index (χ2n) is 4.76. The van der Waals surface area contributed by atoms with E-state index < -0.39 is 14.9 Å². The maximum atomic E-state index is 12.4. The summed E-state index contributed by atoms with van der Waals surface area (Å²) in [5.74, 6) is -0.0412. The summed E-state index contributed by atoms with van der Waals surface area (Å²) in [6.07, 6.45) is 1.64. The fraction of sp³-hybridized carbons (Fsp3) is 0.500. The Balaban J connectivity index is 0.00000242. The molecule has 22 heavy (non-hydrogen) atoms. The zero-order valence-corrected chi connectivity index (χ0v) is 13.6. The van der Waals surface area contributed by atoms with Crippen molar-refractivity contribution in [2.24, 2.45) is 0 Å². The van der Waals surface area contributed by atoms with E-state index >= 15 is 0 Å². The van der Waals surface area contributed by atoms with Crippen molar-refractivity contribution in [1.82, 2.24) is 10.0 Å². The number of sulfonamides is 1. The van der Waals surface area contributed by atoms with Gasteiger partial charge in [-0.2, -0.15) is 0 Å². The number of hydrogen-bond donors (Lipinski definition) is 2. The predicted octanol–water partition coefficient (Wildman–Crippen LogP) is 1.06. The fourth-order valence-corrected chi connectivity index (χ4v) is 3.65. The summed E-state index contributed by atoms with van der Waals surface area (Å²) in [6, 6.07) is 3.25. The number of rotatable bonds is 5. The first-order valence-corrected chi connectivity index (χ1v) is 7.98. The van der Waals surface area contributed by atoms with Gasteiger partial charge < -0.3 is 10.1 Å². The standard InChI is InChI=1S/C12H17N3O5S.ClH/c1-20-11-7-10(15(16)17)4-5-12(11)21(18,19)14-9-3-2-6-13-8-9;/h4-5,7,9,13-14H,2-3,6,8H2,1H3;1H. The van der Waals surface area contributed by atoms with Crippen molar-refractivity contribution in [3.8, 4) is 5.75 Å². The Labute approximate surface area is 134 Å². The first kappa shape index (κ1) is 18.6. The van der Waals surface area contributed by atoms with E-state index in [9.17, 15) is 18.5 Å². The number of halogens is 1. The number of nitro groups is 1. The van der Waals surface area contributed by atoms with E-state index in [2.05, 4.69) is 10.0 Å². The van der Waals surface area contributed by atoms with E-state index in [0.717, 1.165) is 31.5 Å². The van der Waals surface area contributed by atoms with E-state index in [0.29, 0.717) is 6.54 Å². The zero-order valence-electron chi connectivity index (χ0n) is 11.9. The molecule has 1 saturated heterocycles. The summed E-state index contributed by atoms with van der Waals surface area (Å²) in [6.45, 7) is 1.44. The summed E-state index contributed by atoms with van der Waals surface area (Å²) in [5.41, 5.74) is -0.217. The number of nitro benzene ring substituents is 1. The number of nitrogens with one attached hydrogen (secondary N) is 2. The Bertz CT molecular complexity index is 632. The molecular weight excluding hydrogens is 334 g/mol. The number of benzene rings is 1. The van der Waals surface area contributed by atoms with Gasteiger partial charge in [0.15, 0.2) is 0 Å². The molecule has 2 N–H and O–H groups in total. The molecule has 1 heterocycles. The molecule has 10 heteroatoms. The van der Waals surface area contributed by atoms with Crippen LogP contribution in [0.1, 0.15) is 12.8 Å². The lowest BCUT2D eigenvalue weighted by molar-refractivity contribution is -0.385. The average Bonchev–Trinajstić information content (AvgIpc) is 2.47. The molecule has 0 radical (unpaired) electrons. The molecule has 0 bridgehead atoms. The van der Waals surface area contributed by atoms with Crippen molar-refractivity contribution in [3.05, 3.63) is 28.3 Å². The molecule has 1 aliphatic rings. The second kappa shape index (κ2) is 7.73. The van der Waals surface area contributed by atoms with Crippen LogP contribution in [0.15, 0.2) is 23.1 Å². The fourth-order valence-electron chi connectivity index (χ4n) is 2.23. The summed E-state index contributed by atoms with van der Waals surface area (Å²) in [7, 11) is -2.50. The first-order valence-electron chi connectivity index (χ1n) is 6.49. The van der Waals surface area contributed by atoms with Crippen LogP contribution in [0, 0.1) is 10.1 Å². The Morgan fingerprint density at radius 1 is 1.45 bits per heavy atom. The molecule has 8 nitrogen and oxygen atoms in total. The number of non-ortho nitro benzene ring substituents is 1. The van der Waals surface area contributed by atoms with Crippen molar-refractivity contribution in [1.29, 1.82) is 0 Å². The van der Waals surface area contributed by atoms with E-state index in [1.54, 1.807) is 0 Å². The van der Waals surface area contributed by atoms with Gasteiger partial charge >= 0.3 is 0 Å². The first-order chi connectivity index (χ1) is 9.94. The molecule has 0 saturated carbocycles. The van der Waals surface area contributed by atoms with Gasteiger partial charge in [0.2, 0.25) is 10.0 Å².